The summed E-state index contributed by atoms with van der Waals surface area (Å²) < 4.78 is 16.0. The van der Waals surface area contributed by atoms with E-state index in [-0.39, 0.29) is 0 Å². The molecule has 0 saturated carbocycles. The van der Waals surface area contributed by atoms with E-state index >= 15 is 0 Å². The van der Waals surface area contributed by atoms with Crippen molar-refractivity contribution in [1.29, 1.82) is 0 Å². The summed E-state index contributed by atoms with van der Waals surface area (Å²) in [6.45, 7) is 0. The van der Waals surface area contributed by atoms with Crippen molar-refractivity contribution < 1.29 is 19.0 Å². The quantitative estimate of drug-likeness (QED) is 0.612. The van der Waals surface area contributed by atoms with Gasteiger partial charge in [-0.25, -0.2) is 4.79 Å². The van der Waals surface area contributed by atoms with E-state index in [2.05, 4.69) is 0 Å². The molecule has 0 atom stereocenters. The van der Waals surface area contributed by atoms with Crippen molar-refractivity contribution in [3.8, 4) is 11.5 Å². The second-order valence-corrected chi connectivity index (χ2v) is 5.56. The van der Waals surface area contributed by atoms with Gasteiger partial charge >= 0.3 is 5.97 Å². The molecule has 24 heavy (non-hydrogen) atoms. The van der Waals surface area contributed by atoms with E-state index in [1.165, 1.54) is 0 Å². The number of cyclic esters (lactones) is 1. The molecule has 0 bridgehead atoms. The lowest BCUT2D eigenvalue weighted by atomic mass is 10.1. The Hall–Kier alpha value is -2.72. The van der Waals surface area contributed by atoms with Crippen LogP contribution in [0.4, 0.5) is 0 Å². The van der Waals surface area contributed by atoms with Gasteiger partial charge in [0.15, 0.2) is 0 Å². The Kier molecular flexibility index (Phi) is 4.58. The van der Waals surface area contributed by atoms with Gasteiger partial charge in [-0.05, 0) is 48.0 Å². The lowest BCUT2D eigenvalue weighted by Crippen LogP contribution is -1.98. The minimum Gasteiger partial charge on any atom is -0.497 e. The minimum absolute atomic E-state index is 0.420. The lowest BCUT2D eigenvalue weighted by molar-refractivity contribution is -0.130. The molecule has 2 aromatic carbocycles. The highest BCUT2D eigenvalue weighted by atomic mass is 35.5. The van der Waals surface area contributed by atoms with E-state index in [9.17, 15) is 4.79 Å². The van der Waals surface area contributed by atoms with Crippen LogP contribution in [0, 0.1) is 0 Å². The zero-order valence-electron chi connectivity index (χ0n) is 13.2. The number of hydrogen-bond donors (Lipinski definition) is 0. The summed E-state index contributed by atoms with van der Waals surface area (Å²) in [6, 6.07) is 12.6. The maximum absolute atomic E-state index is 12.2. The summed E-state index contributed by atoms with van der Waals surface area (Å²) in [6.07, 6.45) is 3.41. The van der Waals surface area contributed by atoms with Crippen molar-refractivity contribution in [3.63, 3.8) is 0 Å². The van der Waals surface area contributed by atoms with Crippen LogP contribution in [-0.4, -0.2) is 20.2 Å². The van der Waals surface area contributed by atoms with Crippen molar-refractivity contribution in [1.82, 2.24) is 0 Å². The molecule has 5 heteroatoms. The monoisotopic (exact) mass is 342 g/mol. The van der Waals surface area contributed by atoms with Gasteiger partial charge < -0.3 is 14.2 Å². The lowest BCUT2D eigenvalue weighted by Gasteiger charge is -2.10. The molecule has 1 aliphatic heterocycles. The Labute approximate surface area is 144 Å². The van der Waals surface area contributed by atoms with E-state index in [0.717, 1.165) is 5.56 Å². The van der Waals surface area contributed by atoms with Crippen LogP contribution >= 0.6 is 11.6 Å². The summed E-state index contributed by atoms with van der Waals surface area (Å²) in [5.74, 6) is 1.24. The fourth-order valence-electron chi connectivity index (χ4n) is 2.40. The third-order valence-electron chi connectivity index (χ3n) is 3.57. The predicted octanol–water partition coefficient (Wildman–Crippen LogP) is 4.34. The number of benzene rings is 2. The third-order valence-corrected chi connectivity index (χ3v) is 3.80. The van der Waals surface area contributed by atoms with E-state index in [1.807, 2.05) is 12.1 Å². The van der Waals surface area contributed by atoms with Gasteiger partial charge in [0.2, 0.25) is 0 Å². The van der Waals surface area contributed by atoms with Gasteiger partial charge in [-0.2, -0.15) is 0 Å². The van der Waals surface area contributed by atoms with Crippen LogP contribution < -0.4 is 9.47 Å². The van der Waals surface area contributed by atoms with Crippen LogP contribution in [0.3, 0.4) is 0 Å². The first-order valence-electron chi connectivity index (χ1n) is 7.24. The number of methoxy groups -OCH3 is 2. The van der Waals surface area contributed by atoms with Crippen LogP contribution in [-0.2, 0) is 9.53 Å². The van der Waals surface area contributed by atoms with Gasteiger partial charge in [0.25, 0.3) is 0 Å². The standard InChI is InChI=1S/C19H15ClO4/c1-22-15-6-7-17(23-2)16(11-15)18-10-13(19(21)24-18)8-12-4-3-5-14(20)9-12/h3-11H,1-2H3/b13-8+. The topological polar surface area (TPSA) is 44.8 Å². The molecule has 0 unspecified atom stereocenters. The average Bonchev–Trinajstić information content (AvgIpc) is 2.95. The van der Waals surface area contributed by atoms with E-state index < -0.39 is 5.97 Å². The number of hydrogen-bond acceptors (Lipinski definition) is 4. The Morgan fingerprint density at radius 1 is 1.08 bits per heavy atom. The summed E-state index contributed by atoms with van der Waals surface area (Å²) in [4.78, 5) is 12.2. The van der Waals surface area contributed by atoms with Crippen molar-refractivity contribution in [2.45, 2.75) is 0 Å². The number of ether oxygens (including phenoxy) is 3. The summed E-state index contributed by atoms with van der Waals surface area (Å²) >= 11 is 5.97. The number of rotatable bonds is 4. The highest BCUT2D eigenvalue weighted by Gasteiger charge is 2.24. The van der Waals surface area contributed by atoms with Crippen molar-refractivity contribution in [2.75, 3.05) is 14.2 Å². The predicted molar refractivity (Wildman–Crippen MR) is 93.0 cm³/mol. The van der Waals surface area contributed by atoms with Crippen LogP contribution in [0.2, 0.25) is 5.02 Å². The molecule has 0 amide bonds. The molecule has 0 aliphatic carbocycles. The molecule has 3 rings (SSSR count). The molecular formula is C19H15ClO4. The minimum atomic E-state index is -0.421. The molecule has 2 aromatic rings. The van der Waals surface area contributed by atoms with E-state index in [4.69, 9.17) is 25.8 Å². The molecule has 1 heterocycles. The number of esters is 1. The first-order valence-corrected chi connectivity index (χ1v) is 7.62. The molecular weight excluding hydrogens is 328 g/mol. The maximum Gasteiger partial charge on any atom is 0.343 e. The summed E-state index contributed by atoms with van der Waals surface area (Å²) in [7, 11) is 3.14. The van der Waals surface area contributed by atoms with Gasteiger partial charge in [-0.15, -0.1) is 0 Å². The zero-order chi connectivity index (χ0) is 17.1. The molecule has 0 aromatic heterocycles. The Morgan fingerprint density at radius 3 is 2.62 bits per heavy atom. The van der Waals surface area contributed by atoms with Crippen LogP contribution in [0.25, 0.3) is 11.8 Å². The maximum atomic E-state index is 12.2. The molecule has 0 fully saturated rings. The van der Waals surface area contributed by atoms with Crippen molar-refractivity contribution >= 4 is 29.4 Å². The molecule has 0 radical (unpaired) electrons. The second kappa shape index (κ2) is 6.81. The van der Waals surface area contributed by atoms with Gasteiger partial charge in [-0.3, -0.25) is 0 Å². The summed E-state index contributed by atoms with van der Waals surface area (Å²) in [5, 5.41) is 0.606. The molecule has 4 nitrogen and oxygen atoms in total. The first-order chi connectivity index (χ1) is 11.6. The Morgan fingerprint density at radius 2 is 1.92 bits per heavy atom. The molecule has 122 valence electrons. The number of carbonyl (C=O) groups is 1. The second-order valence-electron chi connectivity index (χ2n) is 5.12. The zero-order valence-corrected chi connectivity index (χ0v) is 14.0. The van der Waals surface area contributed by atoms with E-state index in [0.29, 0.717) is 33.4 Å². The molecule has 0 N–H and O–H groups in total. The normalized spacial score (nSPS) is 15.2. The van der Waals surface area contributed by atoms with Crippen LogP contribution in [0.1, 0.15) is 11.1 Å². The summed E-state index contributed by atoms with van der Waals surface area (Å²) in [5.41, 5.74) is 1.92. The van der Waals surface area contributed by atoms with Gasteiger partial charge in [0.05, 0.1) is 25.4 Å². The van der Waals surface area contributed by atoms with Crippen LogP contribution in [0.5, 0.6) is 11.5 Å². The highest BCUT2D eigenvalue weighted by molar-refractivity contribution is 6.30. The fourth-order valence-corrected chi connectivity index (χ4v) is 2.60. The Balaban J connectivity index is 2.00. The SMILES string of the molecule is COc1ccc(OC)c(C2=C/C(=C\c3cccc(Cl)c3)C(=O)O2)c1. The molecule has 0 spiro atoms. The van der Waals surface area contributed by atoms with E-state index in [1.54, 1.807) is 56.7 Å². The van der Waals surface area contributed by atoms with Gasteiger partial charge in [0.1, 0.15) is 17.3 Å². The Bertz CT molecular complexity index is 852. The highest BCUT2D eigenvalue weighted by Crippen LogP contribution is 2.35. The number of carbonyl (C=O) groups excluding carboxylic acids is 1. The van der Waals surface area contributed by atoms with Crippen molar-refractivity contribution in [3.05, 3.63) is 70.3 Å². The average molecular weight is 343 g/mol. The first kappa shape index (κ1) is 16.1. The smallest absolute Gasteiger partial charge is 0.343 e. The van der Waals surface area contributed by atoms with Gasteiger partial charge in [0, 0.05) is 5.02 Å². The van der Waals surface area contributed by atoms with Gasteiger partial charge in [-0.1, -0.05) is 23.7 Å². The number of halogens is 1. The fraction of sp³-hybridized carbons (Fsp3) is 0.105. The van der Waals surface area contributed by atoms with Crippen molar-refractivity contribution in [2.24, 2.45) is 0 Å². The largest absolute Gasteiger partial charge is 0.497 e. The molecule has 0 saturated heterocycles. The molecule has 1 aliphatic rings. The third kappa shape index (κ3) is 3.29. The van der Waals surface area contributed by atoms with Crippen LogP contribution in [0.15, 0.2) is 54.1 Å².